The summed E-state index contributed by atoms with van der Waals surface area (Å²) < 4.78 is 26.3. The average molecular weight is 248 g/mol. The number of unbranched alkanes of at least 4 members (excludes halogenated alkanes) is 1. The van der Waals surface area contributed by atoms with Gasteiger partial charge in [0.2, 0.25) is 10.0 Å². The van der Waals surface area contributed by atoms with Crippen molar-refractivity contribution in [3.05, 3.63) is 0 Å². The number of hydrogen-bond donors (Lipinski definition) is 1. The van der Waals surface area contributed by atoms with E-state index in [0.29, 0.717) is 13.1 Å². The van der Waals surface area contributed by atoms with Crippen LogP contribution in [-0.4, -0.2) is 44.2 Å². The largest absolute Gasteiger partial charge is 0.318 e. The second-order valence-corrected chi connectivity index (χ2v) is 6.91. The van der Waals surface area contributed by atoms with Crippen LogP contribution in [0.2, 0.25) is 0 Å². The molecule has 0 bridgehead atoms. The van der Waals surface area contributed by atoms with Crippen molar-refractivity contribution in [2.24, 2.45) is 0 Å². The lowest BCUT2D eigenvalue weighted by Crippen LogP contribution is -2.43. The maximum atomic E-state index is 12.3. The molecule has 1 N–H and O–H groups in total. The lowest BCUT2D eigenvalue weighted by molar-refractivity contribution is 0.389. The molecule has 5 heteroatoms. The lowest BCUT2D eigenvalue weighted by atomic mass is 10.3. The molecule has 0 spiro atoms. The van der Waals surface area contributed by atoms with Gasteiger partial charge in [0.25, 0.3) is 0 Å². The summed E-state index contributed by atoms with van der Waals surface area (Å²) in [5.41, 5.74) is 0. The number of nitrogens with one attached hydrogen (secondary N) is 1. The zero-order valence-corrected chi connectivity index (χ0v) is 11.4. The van der Waals surface area contributed by atoms with E-state index < -0.39 is 10.0 Å². The third-order valence-electron chi connectivity index (χ3n) is 3.01. The van der Waals surface area contributed by atoms with Gasteiger partial charge in [-0.15, -0.1) is 0 Å². The lowest BCUT2D eigenvalue weighted by Gasteiger charge is -2.25. The molecule has 0 radical (unpaired) electrons. The van der Waals surface area contributed by atoms with Gasteiger partial charge in [-0.3, -0.25) is 0 Å². The third kappa shape index (κ3) is 3.43. The van der Waals surface area contributed by atoms with Gasteiger partial charge in [0.05, 0.1) is 5.25 Å². The minimum atomic E-state index is -3.10. The fraction of sp³-hybridized carbons (Fsp3) is 1.00. The molecule has 0 aromatic rings. The van der Waals surface area contributed by atoms with Crippen LogP contribution in [0.5, 0.6) is 0 Å². The van der Waals surface area contributed by atoms with Gasteiger partial charge in [0, 0.05) is 19.1 Å². The van der Waals surface area contributed by atoms with Crippen LogP contribution in [0.15, 0.2) is 0 Å². The summed E-state index contributed by atoms with van der Waals surface area (Å²) >= 11 is 0. The van der Waals surface area contributed by atoms with Crippen molar-refractivity contribution < 1.29 is 8.42 Å². The standard InChI is InChI=1S/C11H24N2O2S/c1-4-5-8-13(11-6-7-11)16(14,15)10(2)9-12-3/h10-12H,4-9H2,1-3H3. The predicted molar refractivity (Wildman–Crippen MR) is 66.9 cm³/mol. The molecule has 0 aromatic heterocycles. The Balaban J connectivity index is 2.67. The Morgan fingerprint density at radius 2 is 2.06 bits per heavy atom. The molecule has 0 amide bonds. The van der Waals surface area contributed by atoms with Gasteiger partial charge >= 0.3 is 0 Å². The van der Waals surface area contributed by atoms with E-state index in [1.54, 1.807) is 18.3 Å². The summed E-state index contributed by atoms with van der Waals surface area (Å²) in [6.07, 6.45) is 4.07. The monoisotopic (exact) mass is 248 g/mol. The molecule has 4 nitrogen and oxygen atoms in total. The summed E-state index contributed by atoms with van der Waals surface area (Å²) in [7, 11) is -1.31. The van der Waals surface area contributed by atoms with Crippen LogP contribution in [-0.2, 0) is 10.0 Å². The van der Waals surface area contributed by atoms with Gasteiger partial charge in [0.1, 0.15) is 0 Å². The Kier molecular flexibility index (Phi) is 5.21. The molecule has 1 fully saturated rings. The Bertz CT molecular complexity index is 299. The number of sulfonamides is 1. The summed E-state index contributed by atoms with van der Waals surface area (Å²) in [6, 6.07) is 0.288. The molecule has 1 aliphatic carbocycles. The zero-order chi connectivity index (χ0) is 12.2. The highest BCUT2D eigenvalue weighted by Crippen LogP contribution is 2.30. The SMILES string of the molecule is CCCCN(C1CC1)S(=O)(=O)C(C)CNC. The van der Waals surface area contributed by atoms with Crippen molar-refractivity contribution in [2.45, 2.75) is 50.8 Å². The summed E-state index contributed by atoms with van der Waals surface area (Å²) in [6.45, 7) is 5.09. The van der Waals surface area contributed by atoms with Crippen molar-refractivity contribution in [3.63, 3.8) is 0 Å². The highest BCUT2D eigenvalue weighted by molar-refractivity contribution is 7.89. The first-order chi connectivity index (χ1) is 7.54. The molecule has 0 aromatic carbocycles. The van der Waals surface area contributed by atoms with E-state index in [1.807, 2.05) is 0 Å². The van der Waals surface area contributed by atoms with Crippen molar-refractivity contribution in [3.8, 4) is 0 Å². The van der Waals surface area contributed by atoms with E-state index in [4.69, 9.17) is 0 Å². The number of hydrogen-bond acceptors (Lipinski definition) is 3. The molecule has 0 aliphatic heterocycles. The fourth-order valence-corrected chi connectivity index (χ4v) is 3.67. The maximum absolute atomic E-state index is 12.3. The highest BCUT2D eigenvalue weighted by Gasteiger charge is 2.38. The fourth-order valence-electron chi connectivity index (χ4n) is 1.82. The molecule has 0 heterocycles. The first kappa shape index (κ1) is 13.9. The molecule has 1 aliphatic rings. The molecule has 1 saturated carbocycles. The summed E-state index contributed by atoms with van der Waals surface area (Å²) in [5, 5.41) is 2.61. The van der Waals surface area contributed by atoms with Crippen LogP contribution in [0.25, 0.3) is 0 Å². The van der Waals surface area contributed by atoms with Gasteiger partial charge in [-0.1, -0.05) is 13.3 Å². The van der Waals surface area contributed by atoms with Gasteiger partial charge in [-0.05, 0) is 33.2 Å². The Labute approximate surface area is 99.5 Å². The maximum Gasteiger partial charge on any atom is 0.218 e. The molecular formula is C11H24N2O2S. The van der Waals surface area contributed by atoms with Crippen molar-refractivity contribution in [1.29, 1.82) is 0 Å². The topological polar surface area (TPSA) is 49.4 Å². The zero-order valence-electron chi connectivity index (χ0n) is 10.6. The van der Waals surface area contributed by atoms with Crippen molar-refractivity contribution >= 4 is 10.0 Å². The molecule has 16 heavy (non-hydrogen) atoms. The second-order valence-electron chi connectivity index (χ2n) is 4.61. The van der Waals surface area contributed by atoms with Crippen LogP contribution in [0, 0.1) is 0 Å². The first-order valence-electron chi connectivity index (χ1n) is 6.19. The highest BCUT2D eigenvalue weighted by atomic mass is 32.2. The van der Waals surface area contributed by atoms with Crippen LogP contribution < -0.4 is 5.32 Å². The molecule has 96 valence electrons. The number of nitrogens with zero attached hydrogens (tertiary/aromatic N) is 1. The van der Waals surface area contributed by atoms with Gasteiger partial charge in [0.15, 0.2) is 0 Å². The Morgan fingerprint density at radius 1 is 1.44 bits per heavy atom. The third-order valence-corrected chi connectivity index (χ3v) is 5.33. The molecule has 1 rings (SSSR count). The van der Waals surface area contributed by atoms with E-state index in [9.17, 15) is 8.42 Å². The van der Waals surface area contributed by atoms with E-state index in [2.05, 4.69) is 12.2 Å². The Morgan fingerprint density at radius 3 is 2.50 bits per heavy atom. The second kappa shape index (κ2) is 5.98. The minimum Gasteiger partial charge on any atom is -0.318 e. The molecule has 0 saturated heterocycles. The van der Waals surface area contributed by atoms with Crippen LogP contribution in [0.4, 0.5) is 0 Å². The van der Waals surface area contributed by atoms with Crippen molar-refractivity contribution in [2.75, 3.05) is 20.1 Å². The minimum absolute atomic E-state index is 0.288. The van der Waals surface area contributed by atoms with Crippen molar-refractivity contribution in [1.82, 2.24) is 9.62 Å². The average Bonchev–Trinajstić information content (AvgIpc) is 3.02. The normalized spacial score (nSPS) is 19.0. The van der Waals surface area contributed by atoms with Gasteiger partial charge < -0.3 is 5.32 Å². The van der Waals surface area contributed by atoms with Gasteiger partial charge in [-0.25, -0.2) is 8.42 Å². The van der Waals surface area contributed by atoms with Crippen LogP contribution in [0.1, 0.15) is 39.5 Å². The molecule has 1 unspecified atom stereocenters. The van der Waals surface area contributed by atoms with Gasteiger partial charge in [-0.2, -0.15) is 4.31 Å². The van der Waals surface area contributed by atoms with E-state index in [1.165, 1.54) is 0 Å². The Hall–Kier alpha value is -0.130. The van der Waals surface area contributed by atoms with E-state index in [0.717, 1.165) is 25.7 Å². The van der Waals surface area contributed by atoms with E-state index in [-0.39, 0.29) is 11.3 Å². The smallest absolute Gasteiger partial charge is 0.218 e. The quantitative estimate of drug-likeness (QED) is 0.702. The van der Waals surface area contributed by atoms with Crippen LogP contribution in [0.3, 0.4) is 0 Å². The van der Waals surface area contributed by atoms with Crippen LogP contribution >= 0.6 is 0 Å². The van der Waals surface area contributed by atoms with E-state index >= 15 is 0 Å². The molecule has 1 atom stereocenters. The summed E-state index contributed by atoms with van der Waals surface area (Å²) in [5.74, 6) is 0. The summed E-state index contributed by atoms with van der Waals surface area (Å²) in [4.78, 5) is 0. The molecular weight excluding hydrogens is 224 g/mol. The first-order valence-corrected chi connectivity index (χ1v) is 7.69. The number of rotatable bonds is 8. The predicted octanol–water partition coefficient (Wildman–Crippen LogP) is 1.19.